The Balaban J connectivity index is 1.27. The molecule has 3 heterocycles. The Labute approximate surface area is 207 Å². The molecule has 11 heteroatoms. The van der Waals surface area contributed by atoms with Crippen LogP contribution in [-0.4, -0.2) is 52.2 Å². The van der Waals surface area contributed by atoms with Crippen molar-refractivity contribution in [1.82, 2.24) is 20.1 Å². The van der Waals surface area contributed by atoms with E-state index in [1.54, 1.807) is 19.1 Å². The number of amides is 1. The summed E-state index contributed by atoms with van der Waals surface area (Å²) >= 11 is 0. The van der Waals surface area contributed by atoms with Gasteiger partial charge in [0.15, 0.2) is 0 Å². The number of nitrogens with one attached hydrogen (secondary N) is 1. The smallest absolute Gasteiger partial charge is 0.433 e. The number of aromatic nitrogens is 3. The number of alkyl halides is 3. The van der Waals surface area contributed by atoms with E-state index in [1.165, 1.54) is 6.07 Å². The second kappa shape index (κ2) is 10.8. The molecule has 2 aromatic heterocycles. The van der Waals surface area contributed by atoms with Crippen LogP contribution >= 0.6 is 0 Å². The van der Waals surface area contributed by atoms with Gasteiger partial charge < -0.3 is 19.9 Å². The van der Waals surface area contributed by atoms with E-state index in [1.807, 2.05) is 11.8 Å². The van der Waals surface area contributed by atoms with Gasteiger partial charge in [-0.1, -0.05) is 18.2 Å². The minimum absolute atomic E-state index is 0.0205. The Bertz CT molecular complexity index is 1150. The molecule has 1 aromatic carbocycles. The average molecular weight is 501 g/mol. The number of nitrogens with zero attached hydrogens (tertiary/aromatic N) is 5. The molecule has 4 rings (SSSR count). The van der Waals surface area contributed by atoms with E-state index >= 15 is 0 Å². The number of piperazine rings is 1. The van der Waals surface area contributed by atoms with Crippen molar-refractivity contribution in [3.8, 4) is 5.88 Å². The van der Waals surface area contributed by atoms with Crippen LogP contribution in [0.2, 0.25) is 0 Å². The van der Waals surface area contributed by atoms with Crippen LogP contribution in [0.25, 0.3) is 0 Å². The van der Waals surface area contributed by atoms with E-state index in [4.69, 9.17) is 4.74 Å². The number of carbonyl (C=O) groups excluding carboxylic acids is 1. The molecule has 1 aliphatic heterocycles. The maximum atomic E-state index is 12.6. The van der Waals surface area contributed by atoms with Gasteiger partial charge in [0, 0.05) is 56.6 Å². The van der Waals surface area contributed by atoms with Crippen molar-refractivity contribution in [2.24, 2.45) is 0 Å². The molecule has 3 aromatic rings. The monoisotopic (exact) mass is 500 g/mol. The van der Waals surface area contributed by atoms with E-state index in [2.05, 4.69) is 49.7 Å². The molecule has 36 heavy (non-hydrogen) atoms. The molecule has 1 fully saturated rings. The Hall–Kier alpha value is -3.89. The van der Waals surface area contributed by atoms with Crippen LogP contribution in [0, 0.1) is 0 Å². The summed E-state index contributed by atoms with van der Waals surface area (Å²) in [5, 5.41) is 11.4. The highest BCUT2D eigenvalue weighted by molar-refractivity contribution is 5.73. The predicted molar refractivity (Wildman–Crippen MR) is 129 cm³/mol. The molecule has 8 nitrogen and oxygen atoms in total. The Morgan fingerprint density at radius 3 is 2.31 bits per heavy atom. The van der Waals surface area contributed by atoms with E-state index in [-0.39, 0.29) is 24.4 Å². The minimum Gasteiger partial charge on any atom is -0.472 e. The second-order valence-electron chi connectivity index (χ2n) is 8.55. The maximum Gasteiger partial charge on any atom is 0.433 e. The summed E-state index contributed by atoms with van der Waals surface area (Å²) in [5.74, 6) is 0.932. The fraction of sp³-hybridized carbons (Fsp3) is 0.360. The number of benzene rings is 1. The summed E-state index contributed by atoms with van der Waals surface area (Å²) in [6.45, 7) is 6.73. The molecule has 1 amide bonds. The van der Waals surface area contributed by atoms with Crippen LogP contribution < -0.4 is 15.0 Å². The van der Waals surface area contributed by atoms with Crippen molar-refractivity contribution in [2.45, 2.75) is 32.7 Å². The summed E-state index contributed by atoms with van der Waals surface area (Å²) in [6, 6.07) is 13.9. The lowest BCUT2D eigenvalue weighted by Crippen LogP contribution is -2.48. The number of pyridine rings is 1. The molecular formula is C25H27F3N6O2. The molecule has 0 unspecified atom stereocenters. The number of rotatable bonds is 7. The number of hydrogen-bond donors (Lipinski definition) is 1. The van der Waals surface area contributed by atoms with Crippen LogP contribution in [-0.2, 0) is 17.6 Å². The zero-order chi connectivity index (χ0) is 25.7. The maximum absolute atomic E-state index is 12.6. The van der Waals surface area contributed by atoms with Crippen LogP contribution in [0.1, 0.15) is 36.7 Å². The van der Waals surface area contributed by atoms with Gasteiger partial charge in [0.1, 0.15) is 18.1 Å². The minimum atomic E-state index is -4.47. The van der Waals surface area contributed by atoms with Crippen LogP contribution in [0.4, 0.5) is 24.7 Å². The highest BCUT2D eigenvalue weighted by Gasteiger charge is 2.32. The van der Waals surface area contributed by atoms with Crippen LogP contribution in [0.5, 0.6) is 5.88 Å². The summed E-state index contributed by atoms with van der Waals surface area (Å²) in [5.41, 5.74) is 1.75. The molecule has 0 aliphatic carbocycles. The highest BCUT2D eigenvalue weighted by atomic mass is 19.4. The standard InChI is InChI=1S/C25H27F3N6O2/c1-17(20-4-6-21(7-5-20)34-13-11-33(12-14-34)18(2)35)30-23-9-10-24(32-31-23)36-16-19-3-8-22(29-15-19)25(26,27)28/h3-10,15,17H,11-14,16H2,1-2H3,(H,30,31)/t17-/m1/s1. The fourth-order valence-corrected chi connectivity index (χ4v) is 3.87. The van der Waals surface area contributed by atoms with Gasteiger partial charge in [-0.15, -0.1) is 10.2 Å². The molecule has 0 bridgehead atoms. The molecule has 1 aliphatic rings. The first-order valence-electron chi connectivity index (χ1n) is 11.5. The fourth-order valence-electron chi connectivity index (χ4n) is 3.87. The Morgan fingerprint density at radius 1 is 1.03 bits per heavy atom. The first-order chi connectivity index (χ1) is 17.2. The van der Waals surface area contributed by atoms with E-state index in [9.17, 15) is 18.0 Å². The molecule has 0 saturated carbocycles. The van der Waals surface area contributed by atoms with E-state index in [0.717, 1.165) is 49.7 Å². The van der Waals surface area contributed by atoms with Crippen molar-refractivity contribution in [3.05, 3.63) is 71.5 Å². The van der Waals surface area contributed by atoms with Gasteiger partial charge in [-0.05, 0) is 36.8 Å². The van der Waals surface area contributed by atoms with Gasteiger partial charge in [0.2, 0.25) is 11.8 Å². The molecule has 1 N–H and O–H groups in total. The number of ether oxygens (including phenoxy) is 1. The Kier molecular flexibility index (Phi) is 7.56. The SMILES string of the molecule is CC(=O)N1CCN(c2ccc([C@@H](C)Nc3ccc(OCc4ccc(C(F)(F)F)nc4)nn3)cc2)CC1. The number of halogens is 3. The molecule has 190 valence electrons. The largest absolute Gasteiger partial charge is 0.472 e. The van der Waals surface area contributed by atoms with Gasteiger partial charge in [-0.25, -0.2) is 0 Å². The lowest BCUT2D eigenvalue weighted by atomic mass is 10.1. The summed E-state index contributed by atoms with van der Waals surface area (Å²) in [7, 11) is 0. The van der Waals surface area contributed by atoms with Gasteiger partial charge in [-0.2, -0.15) is 13.2 Å². The molecule has 0 spiro atoms. The normalized spacial score (nSPS) is 14.9. The second-order valence-corrected chi connectivity index (χ2v) is 8.55. The molecule has 1 saturated heterocycles. The third-order valence-electron chi connectivity index (χ3n) is 5.99. The average Bonchev–Trinajstić information content (AvgIpc) is 2.88. The topological polar surface area (TPSA) is 83.5 Å². The summed E-state index contributed by atoms with van der Waals surface area (Å²) in [6.07, 6.45) is -3.34. The predicted octanol–water partition coefficient (Wildman–Crippen LogP) is 4.31. The number of anilines is 2. The van der Waals surface area contributed by atoms with Crippen molar-refractivity contribution in [1.29, 1.82) is 0 Å². The van der Waals surface area contributed by atoms with Gasteiger partial charge in [0.25, 0.3) is 0 Å². The number of carbonyl (C=O) groups is 1. The van der Waals surface area contributed by atoms with Gasteiger partial charge in [-0.3, -0.25) is 9.78 Å². The van der Waals surface area contributed by atoms with Crippen molar-refractivity contribution in [3.63, 3.8) is 0 Å². The first-order valence-corrected chi connectivity index (χ1v) is 11.5. The third kappa shape index (κ3) is 6.41. The zero-order valence-corrected chi connectivity index (χ0v) is 20.0. The molecule has 0 radical (unpaired) electrons. The van der Waals surface area contributed by atoms with Crippen molar-refractivity contribution in [2.75, 3.05) is 36.4 Å². The zero-order valence-electron chi connectivity index (χ0n) is 20.0. The van der Waals surface area contributed by atoms with Gasteiger partial charge in [0.05, 0.1) is 6.04 Å². The number of hydrogen-bond acceptors (Lipinski definition) is 7. The van der Waals surface area contributed by atoms with Crippen molar-refractivity contribution < 1.29 is 22.7 Å². The van der Waals surface area contributed by atoms with Crippen molar-refractivity contribution >= 4 is 17.4 Å². The van der Waals surface area contributed by atoms with Gasteiger partial charge >= 0.3 is 6.18 Å². The summed E-state index contributed by atoms with van der Waals surface area (Å²) in [4.78, 5) is 19.1. The van der Waals surface area contributed by atoms with E-state index < -0.39 is 11.9 Å². The summed E-state index contributed by atoms with van der Waals surface area (Å²) < 4.78 is 43.3. The third-order valence-corrected chi connectivity index (χ3v) is 5.99. The first kappa shape index (κ1) is 25.2. The highest BCUT2D eigenvalue weighted by Crippen LogP contribution is 2.27. The van der Waals surface area contributed by atoms with Crippen LogP contribution in [0.3, 0.4) is 0 Å². The quantitative estimate of drug-likeness (QED) is 0.518. The molecular weight excluding hydrogens is 473 g/mol. The lowest BCUT2D eigenvalue weighted by Gasteiger charge is -2.35. The van der Waals surface area contributed by atoms with Crippen LogP contribution in [0.15, 0.2) is 54.7 Å². The Morgan fingerprint density at radius 2 is 1.75 bits per heavy atom. The lowest BCUT2D eigenvalue weighted by molar-refractivity contribution is -0.141. The molecule has 1 atom stereocenters. The van der Waals surface area contributed by atoms with E-state index in [0.29, 0.717) is 11.4 Å².